The molecule has 0 unspecified atom stereocenters. The van der Waals surface area contributed by atoms with Crippen molar-refractivity contribution in [2.24, 2.45) is 0 Å². The summed E-state index contributed by atoms with van der Waals surface area (Å²) >= 11 is 1.43. The van der Waals surface area contributed by atoms with Gasteiger partial charge >= 0.3 is 5.97 Å². The van der Waals surface area contributed by atoms with Gasteiger partial charge in [0, 0.05) is 5.38 Å². The average Bonchev–Trinajstić information content (AvgIpc) is 2.90. The molecule has 2 aromatic rings. The van der Waals surface area contributed by atoms with E-state index in [1.165, 1.54) is 11.3 Å². The van der Waals surface area contributed by atoms with E-state index >= 15 is 0 Å². The summed E-state index contributed by atoms with van der Waals surface area (Å²) in [5.74, 6) is -1.33. The van der Waals surface area contributed by atoms with Crippen LogP contribution in [0.4, 0.5) is 0 Å². The first kappa shape index (κ1) is 15.3. The number of carbonyl (C=O) groups is 2. The minimum Gasteiger partial charge on any atom is -0.480 e. The molecule has 1 amide bonds. The Morgan fingerprint density at radius 3 is 2.52 bits per heavy atom. The van der Waals surface area contributed by atoms with Crippen LogP contribution in [0.2, 0.25) is 0 Å². The Morgan fingerprint density at radius 2 is 1.95 bits per heavy atom. The van der Waals surface area contributed by atoms with Crippen molar-refractivity contribution in [3.8, 4) is 0 Å². The Balaban J connectivity index is 1.98. The van der Waals surface area contributed by atoms with Gasteiger partial charge in [0.1, 0.15) is 6.04 Å². The first-order valence-corrected chi connectivity index (χ1v) is 7.62. The summed E-state index contributed by atoms with van der Waals surface area (Å²) in [4.78, 5) is 23.4. The molecule has 1 aromatic carbocycles. The Kier molecular flexibility index (Phi) is 5.11. The van der Waals surface area contributed by atoms with Gasteiger partial charge in [-0.25, -0.2) is 4.79 Å². The van der Waals surface area contributed by atoms with Crippen LogP contribution in [0.5, 0.6) is 0 Å². The summed E-state index contributed by atoms with van der Waals surface area (Å²) < 4.78 is 0. The van der Waals surface area contributed by atoms with Crippen molar-refractivity contribution in [3.05, 3.63) is 57.8 Å². The van der Waals surface area contributed by atoms with E-state index in [9.17, 15) is 14.7 Å². The molecule has 0 saturated heterocycles. The van der Waals surface area contributed by atoms with E-state index in [1.54, 1.807) is 5.38 Å². The Labute approximate surface area is 127 Å². The van der Waals surface area contributed by atoms with E-state index in [4.69, 9.17) is 0 Å². The highest BCUT2D eigenvalue weighted by Crippen LogP contribution is 2.14. The first-order chi connectivity index (χ1) is 10.1. The van der Waals surface area contributed by atoms with Crippen molar-refractivity contribution in [1.82, 2.24) is 5.32 Å². The van der Waals surface area contributed by atoms with Gasteiger partial charge in [-0.15, -0.1) is 0 Å². The molecule has 0 aliphatic carbocycles. The second kappa shape index (κ2) is 7.04. The lowest BCUT2D eigenvalue weighted by molar-refractivity contribution is -0.139. The highest BCUT2D eigenvalue weighted by molar-refractivity contribution is 7.08. The van der Waals surface area contributed by atoms with Crippen molar-refractivity contribution in [2.75, 3.05) is 0 Å². The van der Waals surface area contributed by atoms with E-state index in [-0.39, 0.29) is 5.91 Å². The summed E-state index contributed by atoms with van der Waals surface area (Å²) in [6.45, 7) is 1.84. The van der Waals surface area contributed by atoms with Gasteiger partial charge in [-0.3, -0.25) is 4.79 Å². The van der Waals surface area contributed by atoms with Crippen LogP contribution >= 0.6 is 11.3 Å². The molecule has 2 rings (SSSR count). The minimum absolute atomic E-state index is 0.325. The Hall–Kier alpha value is -2.14. The molecule has 1 heterocycles. The molecule has 0 bridgehead atoms. The summed E-state index contributed by atoms with van der Waals surface area (Å²) in [5, 5.41) is 15.5. The lowest BCUT2D eigenvalue weighted by atomic mass is 10.0. The molecule has 0 aliphatic heterocycles. The van der Waals surface area contributed by atoms with Crippen LogP contribution < -0.4 is 5.32 Å². The lowest BCUT2D eigenvalue weighted by Gasteiger charge is -2.14. The van der Waals surface area contributed by atoms with Crippen LogP contribution in [-0.4, -0.2) is 23.0 Å². The standard InChI is InChI=1S/C16H17NO3S/c1-11-9-21-10-13(11)15(18)17-14(16(19)20)8-7-12-5-3-2-4-6-12/h2-6,9-10,14H,7-8H2,1H3,(H,17,18)(H,19,20)/t14-/m0/s1. The fourth-order valence-corrected chi connectivity index (χ4v) is 2.87. The Morgan fingerprint density at radius 1 is 1.24 bits per heavy atom. The summed E-state index contributed by atoms with van der Waals surface area (Å²) in [7, 11) is 0. The maximum absolute atomic E-state index is 12.1. The van der Waals surface area contributed by atoms with E-state index in [2.05, 4.69) is 5.32 Å². The molecule has 1 aromatic heterocycles. The Bertz CT molecular complexity index is 621. The molecule has 0 aliphatic rings. The van der Waals surface area contributed by atoms with Crippen molar-refractivity contribution < 1.29 is 14.7 Å². The first-order valence-electron chi connectivity index (χ1n) is 6.68. The van der Waals surface area contributed by atoms with Gasteiger partial charge in [0.15, 0.2) is 0 Å². The monoisotopic (exact) mass is 303 g/mol. The third kappa shape index (κ3) is 4.16. The van der Waals surface area contributed by atoms with Crippen LogP contribution in [0.15, 0.2) is 41.1 Å². The number of aliphatic carboxylic acids is 1. The molecular formula is C16H17NO3S. The van der Waals surface area contributed by atoms with Gasteiger partial charge in [0.2, 0.25) is 0 Å². The number of carboxylic acids is 1. The zero-order chi connectivity index (χ0) is 15.2. The van der Waals surface area contributed by atoms with Crippen LogP contribution in [0.25, 0.3) is 0 Å². The molecule has 110 valence electrons. The largest absolute Gasteiger partial charge is 0.480 e. The molecule has 4 nitrogen and oxygen atoms in total. The van der Waals surface area contributed by atoms with Gasteiger partial charge in [-0.05, 0) is 36.3 Å². The van der Waals surface area contributed by atoms with E-state index in [1.807, 2.05) is 42.6 Å². The van der Waals surface area contributed by atoms with Crippen molar-refractivity contribution in [2.45, 2.75) is 25.8 Å². The fourth-order valence-electron chi connectivity index (χ4n) is 2.04. The fraction of sp³-hybridized carbons (Fsp3) is 0.250. The third-order valence-corrected chi connectivity index (χ3v) is 4.13. The van der Waals surface area contributed by atoms with Gasteiger partial charge in [-0.2, -0.15) is 11.3 Å². The smallest absolute Gasteiger partial charge is 0.326 e. The number of rotatable bonds is 6. The molecule has 0 radical (unpaired) electrons. The topological polar surface area (TPSA) is 66.4 Å². The van der Waals surface area contributed by atoms with Gasteiger partial charge in [0.05, 0.1) is 5.56 Å². The van der Waals surface area contributed by atoms with Crippen LogP contribution in [0, 0.1) is 6.92 Å². The number of carbonyl (C=O) groups excluding carboxylic acids is 1. The van der Waals surface area contributed by atoms with Crippen LogP contribution in [-0.2, 0) is 11.2 Å². The number of amides is 1. The molecule has 21 heavy (non-hydrogen) atoms. The van der Waals surface area contributed by atoms with Crippen molar-refractivity contribution >= 4 is 23.2 Å². The van der Waals surface area contributed by atoms with Crippen molar-refractivity contribution in [3.63, 3.8) is 0 Å². The third-order valence-electron chi connectivity index (χ3n) is 3.27. The minimum atomic E-state index is -1.01. The predicted octanol–water partition coefficient (Wildman–Crippen LogP) is 2.87. The number of thiophene rings is 1. The number of carboxylic acid groups (broad SMARTS) is 1. The van der Waals surface area contributed by atoms with Gasteiger partial charge < -0.3 is 10.4 Å². The zero-order valence-corrected chi connectivity index (χ0v) is 12.5. The summed E-state index contributed by atoms with van der Waals surface area (Å²) in [6.07, 6.45) is 0.981. The maximum Gasteiger partial charge on any atom is 0.326 e. The SMILES string of the molecule is Cc1cscc1C(=O)N[C@@H](CCc1ccccc1)C(=O)O. The average molecular weight is 303 g/mol. The molecule has 0 saturated carbocycles. The number of hydrogen-bond donors (Lipinski definition) is 2. The van der Waals surface area contributed by atoms with Gasteiger partial charge in [0.25, 0.3) is 5.91 Å². The molecule has 0 fully saturated rings. The summed E-state index contributed by atoms with van der Waals surface area (Å²) in [6, 6.07) is 8.76. The molecule has 0 spiro atoms. The number of aryl methyl sites for hydroxylation is 2. The van der Waals surface area contributed by atoms with E-state index in [0.717, 1.165) is 11.1 Å². The van der Waals surface area contributed by atoms with Gasteiger partial charge in [-0.1, -0.05) is 30.3 Å². The quantitative estimate of drug-likeness (QED) is 0.862. The van der Waals surface area contributed by atoms with E-state index < -0.39 is 12.0 Å². The highest BCUT2D eigenvalue weighted by Gasteiger charge is 2.21. The lowest BCUT2D eigenvalue weighted by Crippen LogP contribution is -2.41. The van der Waals surface area contributed by atoms with Crippen LogP contribution in [0.1, 0.15) is 27.9 Å². The summed E-state index contributed by atoms with van der Waals surface area (Å²) in [5.41, 5.74) is 2.47. The number of benzene rings is 1. The van der Waals surface area contributed by atoms with E-state index in [0.29, 0.717) is 18.4 Å². The van der Waals surface area contributed by atoms with Crippen molar-refractivity contribution in [1.29, 1.82) is 0 Å². The molecule has 1 atom stereocenters. The molecule has 5 heteroatoms. The normalized spacial score (nSPS) is 11.9. The predicted molar refractivity (Wildman–Crippen MR) is 82.7 cm³/mol. The molecule has 2 N–H and O–H groups in total. The zero-order valence-electron chi connectivity index (χ0n) is 11.7. The number of nitrogens with one attached hydrogen (secondary N) is 1. The van der Waals surface area contributed by atoms with Crippen LogP contribution in [0.3, 0.4) is 0 Å². The highest BCUT2D eigenvalue weighted by atomic mass is 32.1. The maximum atomic E-state index is 12.1. The molecular weight excluding hydrogens is 286 g/mol. The second-order valence-corrected chi connectivity index (χ2v) is 5.60. The second-order valence-electron chi connectivity index (χ2n) is 4.86. The number of hydrogen-bond acceptors (Lipinski definition) is 3.